The van der Waals surface area contributed by atoms with Crippen LogP contribution in [0.1, 0.15) is 43.9 Å². The normalized spacial score (nSPS) is 16.4. The van der Waals surface area contributed by atoms with E-state index in [9.17, 15) is 22.4 Å². The molecule has 0 aliphatic carbocycles. The standard InChI is InChI=1S/C43H41FN4O5S/c1-41(2,3)53-40(50)47-27-26-42(29-47,54(4,51)52)39(49)45-35-24-25-37-36(28-35)38(30-20-22-34(44)23-21-30)46-48(37)43(31-14-8-5-9-15-31,32-16-10-6-11-17-32)33-18-12-7-13-19-33/h5-25,28H,26-27,29H2,1-4H3,(H,45,49)/t42-/m0/s1. The van der Waals surface area contributed by atoms with E-state index in [1.54, 1.807) is 45.0 Å². The maximum atomic E-state index is 14.3. The smallest absolute Gasteiger partial charge is 0.410 e. The molecule has 276 valence electrons. The van der Waals surface area contributed by atoms with Gasteiger partial charge >= 0.3 is 6.09 Å². The lowest BCUT2D eigenvalue weighted by Crippen LogP contribution is -2.52. The number of amides is 2. The van der Waals surface area contributed by atoms with E-state index in [-0.39, 0.29) is 19.5 Å². The summed E-state index contributed by atoms with van der Waals surface area (Å²) < 4.78 is 46.5. The molecule has 2 heterocycles. The number of carbonyl (C=O) groups excluding carboxylic acids is 2. The van der Waals surface area contributed by atoms with Gasteiger partial charge in [0.1, 0.15) is 22.7 Å². The van der Waals surface area contributed by atoms with E-state index < -0.39 is 43.5 Å². The van der Waals surface area contributed by atoms with Gasteiger partial charge in [-0.3, -0.25) is 4.79 Å². The van der Waals surface area contributed by atoms with Crippen molar-refractivity contribution in [3.8, 4) is 11.3 Å². The molecule has 0 spiro atoms. The maximum Gasteiger partial charge on any atom is 0.410 e. The van der Waals surface area contributed by atoms with Crippen molar-refractivity contribution >= 4 is 38.4 Å². The SMILES string of the molecule is CC(C)(C)OC(=O)N1CC[C@](C(=O)Nc2ccc3c(c2)c(-c2ccc(F)cc2)nn3C(c2ccccc2)(c2ccccc2)c2ccccc2)(S(C)(=O)=O)C1. The number of aromatic nitrogens is 2. The van der Waals surface area contributed by atoms with Crippen LogP contribution in [0, 0.1) is 5.82 Å². The summed E-state index contributed by atoms with van der Waals surface area (Å²) in [6.07, 6.45) is 0.241. The maximum absolute atomic E-state index is 14.3. The van der Waals surface area contributed by atoms with E-state index in [0.29, 0.717) is 27.8 Å². The molecule has 1 aliphatic rings. The number of benzene rings is 5. The molecule has 0 unspecified atom stereocenters. The van der Waals surface area contributed by atoms with Gasteiger partial charge in [-0.1, -0.05) is 91.0 Å². The van der Waals surface area contributed by atoms with Crippen LogP contribution < -0.4 is 5.32 Å². The number of fused-ring (bicyclic) bond motifs is 1. The Morgan fingerprint density at radius 2 is 1.33 bits per heavy atom. The van der Waals surface area contributed by atoms with Gasteiger partial charge in [0.15, 0.2) is 14.6 Å². The lowest BCUT2D eigenvalue weighted by atomic mass is 9.77. The number of halogens is 1. The number of rotatable bonds is 8. The first-order chi connectivity index (χ1) is 25.7. The molecule has 1 atom stereocenters. The highest BCUT2D eigenvalue weighted by Crippen LogP contribution is 2.44. The average molecular weight is 745 g/mol. The van der Waals surface area contributed by atoms with Crippen LogP contribution >= 0.6 is 0 Å². The molecular formula is C43H41FN4O5S. The Balaban J connectivity index is 1.41. The van der Waals surface area contributed by atoms with E-state index >= 15 is 0 Å². The van der Waals surface area contributed by atoms with Crippen LogP contribution in [0.5, 0.6) is 0 Å². The first-order valence-corrected chi connectivity index (χ1v) is 19.6. The van der Waals surface area contributed by atoms with Gasteiger partial charge in [-0.25, -0.2) is 22.3 Å². The second-order valence-corrected chi connectivity index (χ2v) is 17.0. The van der Waals surface area contributed by atoms with Gasteiger partial charge in [0.25, 0.3) is 0 Å². The Kier molecular flexibility index (Phi) is 9.39. The van der Waals surface area contributed by atoms with Gasteiger partial charge in [0.2, 0.25) is 5.91 Å². The molecule has 2 amide bonds. The van der Waals surface area contributed by atoms with Gasteiger partial charge in [-0.2, -0.15) is 5.10 Å². The van der Waals surface area contributed by atoms with Gasteiger partial charge in [0, 0.05) is 29.4 Å². The average Bonchev–Trinajstić information content (AvgIpc) is 3.78. The van der Waals surface area contributed by atoms with Crippen LogP contribution in [-0.2, 0) is 24.9 Å². The molecule has 1 aliphatic heterocycles. The monoisotopic (exact) mass is 744 g/mol. The minimum atomic E-state index is -4.01. The van der Waals surface area contributed by atoms with Crippen molar-refractivity contribution in [2.75, 3.05) is 24.7 Å². The van der Waals surface area contributed by atoms with Gasteiger partial charge in [-0.05, 0) is 86.3 Å². The third-order valence-electron chi connectivity index (χ3n) is 9.95. The van der Waals surface area contributed by atoms with E-state index in [1.807, 2.05) is 65.3 Å². The summed E-state index contributed by atoms with van der Waals surface area (Å²) in [5, 5.41) is 8.84. The Labute approximate surface area is 314 Å². The number of hydrogen-bond donors (Lipinski definition) is 1. The molecule has 0 saturated carbocycles. The fourth-order valence-electron chi connectivity index (χ4n) is 7.34. The molecular weight excluding hydrogens is 704 g/mol. The Morgan fingerprint density at radius 1 is 0.796 bits per heavy atom. The van der Waals surface area contributed by atoms with Gasteiger partial charge in [-0.15, -0.1) is 0 Å². The summed E-state index contributed by atoms with van der Waals surface area (Å²) in [6, 6.07) is 41.6. The lowest BCUT2D eigenvalue weighted by Gasteiger charge is -2.37. The van der Waals surface area contributed by atoms with Crippen molar-refractivity contribution < 1.29 is 27.1 Å². The number of ether oxygens (including phenoxy) is 1. The van der Waals surface area contributed by atoms with Crippen molar-refractivity contribution in [2.45, 2.75) is 43.1 Å². The second kappa shape index (κ2) is 13.9. The molecule has 1 N–H and O–H groups in total. The van der Waals surface area contributed by atoms with Crippen LogP contribution in [0.3, 0.4) is 0 Å². The van der Waals surface area contributed by atoms with E-state index in [1.165, 1.54) is 17.0 Å². The minimum absolute atomic E-state index is 0.0382. The quantitative estimate of drug-likeness (QED) is 0.158. The molecule has 11 heteroatoms. The van der Waals surface area contributed by atoms with E-state index in [2.05, 4.69) is 41.7 Å². The van der Waals surface area contributed by atoms with Crippen molar-refractivity contribution in [3.63, 3.8) is 0 Å². The highest BCUT2D eigenvalue weighted by atomic mass is 32.2. The fraction of sp³-hybridized carbons (Fsp3) is 0.233. The highest BCUT2D eigenvalue weighted by Gasteiger charge is 2.54. The summed E-state index contributed by atoms with van der Waals surface area (Å²) in [6.45, 7) is 4.86. The number of anilines is 1. The van der Waals surface area contributed by atoms with Crippen LogP contribution in [0.2, 0.25) is 0 Å². The second-order valence-electron chi connectivity index (χ2n) is 14.7. The zero-order valence-corrected chi connectivity index (χ0v) is 31.3. The van der Waals surface area contributed by atoms with Gasteiger partial charge < -0.3 is 15.0 Å². The first kappa shape index (κ1) is 36.5. The predicted molar refractivity (Wildman–Crippen MR) is 208 cm³/mol. The summed E-state index contributed by atoms with van der Waals surface area (Å²) in [4.78, 5) is 28.4. The number of nitrogens with one attached hydrogen (secondary N) is 1. The third-order valence-corrected chi connectivity index (χ3v) is 11.9. The zero-order chi connectivity index (χ0) is 38.3. The number of sulfone groups is 1. The van der Waals surface area contributed by atoms with Crippen molar-refractivity contribution in [3.05, 3.63) is 156 Å². The molecule has 9 nitrogen and oxygen atoms in total. The molecule has 54 heavy (non-hydrogen) atoms. The Hall–Kier alpha value is -5.81. The Morgan fingerprint density at radius 3 is 1.83 bits per heavy atom. The summed E-state index contributed by atoms with van der Waals surface area (Å²) in [5.41, 5.74) is 3.27. The van der Waals surface area contributed by atoms with Crippen molar-refractivity contribution in [1.29, 1.82) is 0 Å². The molecule has 5 aromatic carbocycles. The number of likely N-dealkylation sites (tertiary alicyclic amines) is 1. The lowest BCUT2D eigenvalue weighted by molar-refractivity contribution is -0.118. The molecule has 1 aromatic heterocycles. The molecule has 0 bridgehead atoms. The number of nitrogens with zero attached hydrogens (tertiary/aromatic N) is 3. The van der Waals surface area contributed by atoms with Crippen LogP contribution in [-0.4, -0.2) is 64.8 Å². The zero-order valence-electron chi connectivity index (χ0n) is 30.5. The number of hydrogen-bond acceptors (Lipinski definition) is 6. The molecule has 7 rings (SSSR count). The molecule has 1 fully saturated rings. The topological polar surface area (TPSA) is 111 Å². The van der Waals surface area contributed by atoms with Gasteiger partial charge in [0.05, 0.1) is 12.1 Å². The van der Waals surface area contributed by atoms with Crippen LogP contribution in [0.4, 0.5) is 14.9 Å². The first-order valence-electron chi connectivity index (χ1n) is 17.7. The number of carbonyl (C=O) groups is 2. The molecule has 0 radical (unpaired) electrons. The summed E-state index contributed by atoms with van der Waals surface area (Å²) in [5.74, 6) is -1.15. The van der Waals surface area contributed by atoms with Crippen LogP contribution in [0.15, 0.2) is 133 Å². The highest BCUT2D eigenvalue weighted by molar-refractivity contribution is 7.93. The summed E-state index contributed by atoms with van der Waals surface area (Å²) >= 11 is 0. The van der Waals surface area contributed by atoms with Crippen LogP contribution in [0.25, 0.3) is 22.2 Å². The third kappa shape index (κ3) is 6.53. The largest absolute Gasteiger partial charge is 0.444 e. The predicted octanol–water partition coefficient (Wildman–Crippen LogP) is 8.05. The summed E-state index contributed by atoms with van der Waals surface area (Å²) in [7, 11) is -4.01. The van der Waals surface area contributed by atoms with Crippen molar-refractivity contribution in [1.82, 2.24) is 14.7 Å². The van der Waals surface area contributed by atoms with E-state index in [4.69, 9.17) is 9.84 Å². The molecule has 6 aromatic rings. The fourth-order valence-corrected chi connectivity index (χ4v) is 8.58. The minimum Gasteiger partial charge on any atom is -0.444 e. The van der Waals surface area contributed by atoms with Crippen molar-refractivity contribution in [2.24, 2.45) is 0 Å². The van der Waals surface area contributed by atoms with E-state index in [0.717, 1.165) is 22.9 Å². The Bertz CT molecular complexity index is 2330. The molecule has 1 saturated heterocycles.